The fourth-order valence-electron chi connectivity index (χ4n) is 3.19. The number of carbonyl (C=O) groups is 4. The number of aldehydes is 4. The molecular formula is C37H25Cl2F7O4S. The van der Waals surface area contributed by atoms with Gasteiger partial charge in [0.1, 0.15) is 24.7 Å². The van der Waals surface area contributed by atoms with Crippen LogP contribution in [0.15, 0.2) is 121 Å². The Balaban J connectivity index is 0.000000321. The van der Waals surface area contributed by atoms with Gasteiger partial charge in [-0.1, -0.05) is 96.1 Å². The molecule has 14 heteroatoms. The van der Waals surface area contributed by atoms with Crippen molar-refractivity contribution in [3.63, 3.8) is 0 Å². The highest BCUT2D eigenvalue weighted by atomic mass is 35.5. The van der Waals surface area contributed by atoms with Crippen LogP contribution in [0.5, 0.6) is 0 Å². The number of rotatable bonds is 5. The van der Waals surface area contributed by atoms with Crippen molar-refractivity contribution in [3.8, 4) is 0 Å². The number of hydrogen-bond donors (Lipinski definition) is 0. The standard InChI is InChI=1S/C8H5F3O.C8H5F3S.2C7H5ClO.C7H5FO/c2*9-8(10,11)7-3-1-6(5-12)2-4-7;8-7-3-1-6(5-9)2-4-7;8-7-3-1-2-6(4-7)5-9;8-7-4-2-1-3-6(7)5-9/h2*1-5H;3*1-5H. The summed E-state index contributed by atoms with van der Waals surface area (Å²) in [5.41, 5.74) is 0.830. The van der Waals surface area contributed by atoms with Crippen LogP contribution in [0.25, 0.3) is 0 Å². The highest BCUT2D eigenvalue weighted by Crippen LogP contribution is 2.29. The van der Waals surface area contributed by atoms with Crippen LogP contribution >= 0.6 is 35.4 Å². The molecule has 5 rings (SSSR count). The van der Waals surface area contributed by atoms with Crippen LogP contribution in [-0.2, 0) is 12.4 Å². The van der Waals surface area contributed by atoms with Crippen LogP contribution in [0, 0.1) is 5.82 Å². The van der Waals surface area contributed by atoms with Gasteiger partial charge in [0, 0.05) is 32.1 Å². The Labute approximate surface area is 303 Å². The van der Waals surface area contributed by atoms with Gasteiger partial charge in [0.15, 0.2) is 6.29 Å². The quantitative estimate of drug-likeness (QED) is 0.101. The van der Waals surface area contributed by atoms with Crippen LogP contribution in [-0.4, -0.2) is 30.5 Å². The van der Waals surface area contributed by atoms with Crippen molar-refractivity contribution in [2.75, 3.05) is 0 Å². The molecule has 266 valence electrons. The van der Waals surface area contributed by atoms with Gasteiger partial charge < -0.3 is 0 Å². The minimum atomic E-state index is -4.33. The molecular weight excluding hydrogens is 744 g/mol. The number of benzene rings is 5. The lowest BCUT2D eigenvalue weighted by Gasteiger charge is -2.05. The Kier molecular flexibility index (Phi) is 19.5. The monoisotopic (exact) mass is 768 g/mol. The predicted octanol–water partition coefficient (Wildman–Crippen LogP) is 11.5. The topological polar surface area (TPSA) is 68.3 Å². The molecule has 5 aromatic rings. The van der Waals surface area contributed by atoms with Crippen molar-refractivity contribution in [1.82, 2.24) is 0 Å². The molecule has 0 spiro atoms. The summed E-state index contributed by atoms with van der Waals surface area (Å²) in [5, 5.41) is 2.58. The normalized spacial score (nSPS) is 10.1. The van der Waals surface area contributed by atoms with Crippen molar-refractivity contribution in [1.29, 1.82) is 0 Å². The van der Waals surface area contributed by atoms with E-state index in [1.54, 1.807) is 60.7 Å². The van der Waals surface area contributed by atoms with Crippen molar-refractivity contribution in [3.05, 3.63) is 176 Å². The van der Waals surface area contributed by atoms with Crippen LogP contribution in [0.3, 0.4) is 0 Å². The smallest absolute Gasteiger partial charge is 0.298 e. The lowest BCUT2D eigenvalue weighted by atomic mass is 10.1. The van der Waals surface area contributed by atoms with E-state index in [2.05, 4.69) is 12.2 Å². The van der Waals surface area contributed by atoms with Gasteiger partial charge in [-0.25, -0.2) is 4.39 Å². The zero-order valence-corrected chi connectivity index (χ0v) is 28.2. The fraction of sp³-hybridized carbons (Fsp3) is 0.0541. The summed E-state index contributed by atoms with van der Waals surface area (Å²) in [4.78, 5) is 40.2. The third kappa shape index (κ3) is 18.0. The minimum absolute atomic E-state index is 0.109. The summed E-state index contributed by atoms with van der Waals surface area (Å²) < 4.78 is 84.1. The van der Waals surface area contributed by atoms with E-state index in [1.807, 2.05) is 0 Å². The average molecular weight is 770 g/mol. The summed E-state index contributed by atoms with van der Waals surface area (Å²) in [6, 6.07) is 28.1. The highest BCUT2D eigenvalue weighted by Gasteiger charge is 2.30. The van der Waals surface area contributed by atoms with Crippen LogP contribution in [0.1, 0.15) is 58.1 Å². The number of halogens is 9. The maximum Gasteiger partial charge on any atom is 0.416 e. The summed E-state index contributed by atoms with van der Waals surface area (Å²) in [5.74, 6) is -0.465. The predicted molar refractivity (Wildman–Crippen MR) is 186 cm³/mol. The largest absolute Gasteiger partial charge is 0.416 e. The molecule has 0 saturated heterocycles. The molecule has 51 heavy (non-hydrogen) atoms. The first-order chi connectivity index (χ1) is 24.1. The molecule has 0 saturated carbocycles. The molecule has 0 aliphatic carbocycles. The lowest BCUT2D eigenvalue weighted by Crippen LogP contribution is -2.04. The fourth-order valence-corrected chi connectivity index (χ4v) is 3.68. The Morgan fingerprint density at radius 1 is 0.471 bits per heavy atom. The van der Waals surface area contributed by atoms with Crippen molar-refractivity contribution >= 4 is 65.9 Å². The molecule has 0 fully saturated rings. The summed E-state index contributed by atoms with van der Waals surface area (Å²) in [7, 11) is 0. The van der Waals surface area contributed by atoms with E-state index in [4.69, 9.17) is 23.2 Å². The molecule has 0 unspecified atom stereocenters. The third-order valence-corrected chi connectivity index (χ3v) is 6.53. The second-order valence-corrected chi connectivity index (χ2v) is 10.6. The van der Waals surface area contributed by atoms with Gasteiger partial charge >= 0.3 is 12.4 Å². The van der Waals surface area contributed by atoms with Crippen molar-refractivity contribution in [2.24, 2.45) is 0 Å². The van der Waals surface area contributed by atoms with E-state index in [0.29, 0.717) is 39.3 Å². The van der Waals surface area contributed by atoms with Gasteiger partial charge in [0.05, 0.1) is 16.7 Å². The number of hydrogen-bond acceptors (Lipinski definition) is 5. The molecule has 0 aliphatic rings. The molecule has 0 bridgehead atoms. The number of thiocarbonyl (C=S) groups is 1. The molecule has 0 heterocycles. The first kappa shape index (κ1) is 44.0. The lowest BCUT2D eigenvalue weighted by molar-refractivity contribution is -0.138. The molecule has 0 radical (unpaired) electrons. The van der Waals surface area contributed by atoms with Crippen LogP contribution in [0.4, 0.5) is 30.7 Å². The SMILES string of the molecule is FC(F)(F)c1ccc(C=S)cc1.O=Cc1ccc(C(F)(F)F)cc1.O=Cc1ccc(Cl)cc1.O=Cc1cccc(Cl)c1.O=Cc1ccccc1F. The Morgan fingerprint density at radius 3 is 1.24 bits per heavy atom. The van der Waals surface area contributed by atoms with E-state index < -0.39 is 29.3 Å². The van der Waals surface area contributed by atoms with Crippen LogP contribution in [0.2, 0.25) is 10.0 Å². The zero-order chi connectivity index (χ0) is 38.5. The minimum Gasteiger partial charge on any atom is -0.298 e. The van der Waals surface area contributed by atoms with E-state index in [9.17, 15) is 49.9 Å². The van der Waals surface area contributed by atoms with Gasteiger partial charge in [0.2, 0.25) is 0 Å². The summed E-state index contributed by atoms with van der Waals surface area (Å²) in [6.07, 6.45) is -6.04. The van der Waals surface area contributed by atoms with Gasteiger partial charge in [0.25, 0.3) is 0 Å². The van der Waals surface area contributed by atoms with Gasteiger partial charge in [-0.2, -0.15) is 26.3 Å². The zero-order valence-electron chi connectivity index (χ0n) is 25.9. The molecule has 0 aromatic heterocycles. The third-order valence-electron chi connectivity index (χ3n) is 5.77. The van der Waals surface area contributed by atoms with E-state index >= 15 is 0 Å². The molecule has 0 aliphatic heterocycles. The van der Waals surface area contributed by atoms with Gasteiger partial charge in [-0.05, 0) is 66.2 Å². The number of carbonyl (C=O) groups excluding carboxylic acids is 4. The Hall–Kier alpha value is -5.04. The summed E-state index contributed by atoms with van der Waals surface area (Å²) in [6.45, 7) is 0. The Morgan fingerprint density at radius 2 is 0.902 bits per heavy atom. The summed E-state index contributed by atoms with van der Waals surface area (Å²) >= 11 is 15.7. The average Bonchev–Trinajstić information content (AvgIpc) is 3.12. The molecule has 0 atom stereocenters. The number of alkyl halides is 6. The van der Waals surface area contributed by atoms with Crippen molar-refractivity contribution < 1.29 is 49.9 Å². The van der Waals surface area contributed by atoms with Gasteiger partial charge in [-0.15, -0.1) is 0 Å². The first-order valence-corrected chi connectivity index (χ1v) is 15.2. The molecule has 5 aromatic carbocycles. The van der Waals surface area contributed by atoms with Gasteiger partial charge in [-0.3, -0.25) is 19.2 Å². The molecule has 4 nitrogen and oxygen atoms in total. The second kappa shape index (κ2) is 22.6. The maximum atomic E-state index is 12.4. The maximum absolute atomic E-state index is 12.4. The van der Waals surface area contributed by atoms with Crippen LogP contribution < -0.4 is 0 Å². The molecule has 0 N–H and O–H groups in total. The second-order valence-electron chi connectivity index (χ2n) is 9.46. The van der Waals surface area contributed by atoms with E-state index in [0.717, 1.165) is 49.0 Å². The van der Waals surface area contributed by atoms with E-state index in [1.165, 1.54) is 29.6 Å². The first-order valence-electron chi connectivity index (χ1n) is 13.9. The highest BCUT2D eigenvalue weighted by molar-refractivity contribution is 7.79. The molecule has 0 amide bonds. The Bertz CT molecular complexity index is 1770. The van der Waals surface area contributed by atoms with E-state index in [-0.39, 0.29) is 11.1 Å². The van der Waals surface area contributed by atoms with Crippen molar-refractivity contribution in [2.45, 2.75) is 12.4 Å².